The molecule has 3 aromatic carbocycles. The zero-order valence-electron chi connectivity index (χ0n) is 26.6. The van der Waals surface area contributed by atoms with Crippen LogP contribution in [-0.4, -0.2) is 42.1 Å². The van der Waals surface area contributed by atoms with Crippen molar-refractivity contribution in [3.63, 3.8) is 0 Å². The molecule has 3 aromatic rings. The molecule has 42 heavy (non-hydrogen) atoms. The van der Waals surface area contributed by atoms with Crippen LogP contribution in [0.2, 0.25) is 0 Å². The van der Waals surface area contributed by atoms with Gasteiger partial charge in [-0.15, -0.1) is 13.2 Å². The molecule has 5 N–H and O–H groups in total. The largest absolute Gasteiger partial charge is 0.392 e. The summed E-state index contributed by atoms with van der Waals surface area (Å²) in [6.07, 6.45) is 2.44. The first-order valence-electron chi connectivity index (χ1n) is 15.4. The van der Waals surface area contributed by atoms with Gasteiger partial charge in [-0.3, -0.25) is 4.72 Å². The molecular formula is C36H55N3O2S. The lowest BCUT2D eigenvalue weighted by Crippen LogP contribution is -2.41. The van der Waals surface area contributed by atoms with Gasteiger partial charge in [0.1, 0.15) is 0 Å². The molecule has 0 fully saturated rings. The minimum absolute atomic E-state index is 0.0677. The molecule has 5 nitrogen and oxygen atoms in total. The highest BCUT2D eigenvalue weighted by Crippen LogP contribution is 2.33. The van der Waals surface area contributed by atoms with Gasteiger partial charge < -0.3 is 20.8 Å². The molecule has 0 spiro atoms. The summed E-state index contributed by atoms with van der Waals surface area (Å²) < 4.78 is 3.34. The fraction of sp³-hybridized carbons (Fsp3) is 0.444. The van der Waals surface area contributed by atoms with Crippen LogP contribution < -0.4 is 15.4 Å². The monoisotopic (exact) mass is 593 g/mol. The zero-order valence-corrected chi connectivity index (χ0v) is 27.5. The lowest BCUT2D eigenvalue weighted by Gasteiger charge is -2.31. The highest BCUT2D eigenvalue weighted by molar-refractivity contribution is 7.97. The molecule has 0 saturated carbocycles. The van der Waals surface area contributed by atoms with E-state index in [1.807, 2.05) is 65.1 Å². The predicted octanol–water partition coefficient (Wildman–Crippen LogP) is 7.82. The smallest absolute Gasteiger partial charge is 0.0775 e. The van der Waals surface area contributed by atoms with Crippen molar-refractivity contribution in [3.8, 4) is 0 Å². The Balaban J connectivity index is 0.00000138. The highest BCUT2D eigenvalue weighted by Gasteiger charge is 2.33. The van der Waals surface area contributed by atoms with Crippen molar-refractivity contribution < 1.29 is 10.2 Å². The Bertz CT molecular complexity index is 1080. The van der Waals surface area contributed by atoms with Crippen LogP contribution in [-0.2, 0) is 12.8 Å². The van der Waals surface area contributed by atoms with E-state index in [0.717, 1.165) is 23.4 Å². The molecule has 5 unspecified atom stereocenters. The van der Waals surface area contributed by atoms with Crippen molar-refractivity contribution in [2.24, 2.45) is 5.92 Å². The summed E-state index contributed by atoms with van der Waals surface area (Å²) in [4.78, 5) is 1.12. The summed E-state index contributed by atoms with van der Waals surface area (Å²) in [7, 11) is 1.91. The van der Waals surface area contributed by atoms with Gasteiger partial charge in [-0.2, -0.15) is 0 Å². The van der Waals surface area contributed by atoms with E-state index in [0.29, 0.717) is 19.4 Å². The molecule has 0 aliphatic heterocycles. The Morgan fingerprint density at radius 1 is 0.905 bits per heavy atom. The second-order valence-electron chi connectivity index (χ2n) is 9.80. The number of fused-ring (bicyclic) bond motifs is 1. The minimum atomic E-state index is -0.458. The van der Waals surface area contributed by atoms with Crippen LogP contribution in [0.4, 0.5) is 5.69 Å². The quantitative estimate of drug-likeness (QED) is 0.103. The van der Waals surface area contributed by atoms with Crippen LogP contribution in [0.3, 0.4) is 0 Å². The van der Waals surface area contributed by atoms with E-state index in [9.17, 15) is 10.2 Å². The van der Waals surface area contributed by atoms with Gasteiger partial charge in [-0.25, -0.2) is 0 Å². The molecule has 0 aromatic heterocycles. The third kappa shape index (κ3) is 12.3. The number of aliphatic hydroxyl groups excluding tert-OH is 2. The number of aliphatic hydroxyl groups is 2. The maximum absolute atomic E-state index is 10.9. The Hall–Kier alpha value is -2.61. The third-order valence-electron chi connectivity index (χ3n) is 7.23. The van der Waals surface area contributed by atoms with E-state index in [1.165, 1.54) is 16.7 Å². The number of anilines is 1. The summed E-state index contributed by atoms with van der Waals surface area (Å²) >= 11 is 1.55. The minimum Gasteiger partial charge on any atom is -0.392 e. The summed E-state index contributed by atoms with van der Waals surface area (Å²) in [5.41, 5.74) is 4.81. The van der Waals surface area contributed by atoms with Gasteiger partial charge in [-0.1, -0.05) is 82.3 Å². The van der Waals surface area contributed by atoms with Crippen LogP contribution in [0.1, 0.15) is 70.2 Å². The third-order valence-corrected chi connectivity index (χ3v) is 8.05. The van der Waals surface area contributed by atoms with Crippen LogP contribution in [0.25, 0.3) is 0 Å². The number of aryl methyl sites for hydroxylation is 1. The molecule has 0 amide bonds. The number of hydrogen-bond donors (Lipinski definition) is 5. The fourth-order valence-corrected chi connectivity index (χ4v) is 5.82. The van der Waals surface area contributed by atoms with Crippen LogP contribution in [0.5, 0.6) is 0 Å². The van der Waals surface area contributed by atoms with Crippen molar-refractivity contribution in [2.45, 2.75) is 89.5 Å². The molecule has 5 atom stereocenters. The molecule has 4 rings (SSSR count). The van der Waals surface area contributed by atoms with E-state index >= 15 is 0 Å². The van der Waals surface area contributed by atoms with Gasteiger partial charge in [0.2, 0.25) is 0 Å². The van der Waals surface area contributed by atoms with Crippen molar-refractivity contribution in [2.75, 3.05) is 18.9 Å². The summed E-state index contributed by atoms with van der Waals surface area (Å²) in [6, 6.07) is 27.1. The highest BCUT2D eigenvalue weighted by atomic mass is 32.2. The second-order valence-corrected chi connectivity index (χ2v) is 10.8. The molecule has 0 heterocycles. The Labute approximate surface area is 260 Å². The maximum atomic E-state index is 10.9. The number of rotatable bonds is 13. The molecule has 1 aliphatic rings. The van der Waals surface area contributed by atoms with Crippen molar-refractivity contribution >= 4 is 17.6 Å². The topological polar surface area (TPSA) is 76.5 Å². The summed E-state index contributed by atoms with van der Waals surface area (Å²) in [6.45, 7) is 16.7. The van der Waals surface area contributed by atoms with Gasteiger partial charge in [0, 0.05) is 36.6 Å². The van der Waals surface area contributed by atoms with Crippen molar-refractivity contribution in [3.05, 3.63) is 109 Å². The molecule has 0 saturated heterocycles. The van der Waals surface area contributed by atoms with Gasteiger partial charge in [0.15, 0.2) is 0 Å². The van der Waals surface area contributed by atoms with Crippen LogP contribution >= 0.6 is 11.9 Å². The average Bonchev–Trinajstić information content (AvgIpc) is 3.37. The number of hydrogen-bond acceptors (Lipinski definition) is 6. The molecule has 0 bridgehead atoms. The summed E-state index contributed by atoms with van der Waals surface area (Å²) in [5, 5.41) is 28.5. The fourth-order valence-electron chi connectivity index (χ4n) is 5.11. The first-order valence-corrected chi connectivity index (χ1v) is 16.3. The van der Waals surface area contributed by atoms with Gasteiger partial charge in [0.05, 0.1) is 18.2 Å². The molecule has 6 heteroatoms. The SMILES string of the molecule is C=C.CC.CC.CNc1ccc(SNCC(O)CC(CCc2ccccc2)C(C)NC2c3ccccc3CC2O)cc1. The normalized spacial score (nSPS) is 17.0. The van der Waals surface area contributed by atoms with E-state index in [2.05, 4.69) is 84.0 Å². The second kappa shape index (κ2) is 22.0. The van der Waals surface area contributed by atoms with Crippen molar-refractivity contribution in [1.82, 2.24) is 10.0 Å². The molecule has 232 valence electrons. The van der Waals surface area contributed by atoms with E-state index in [1.54, 1.807) is 11.9 Å². The molecule has 1 aliphatic carbocycles. The lowest BCUT2D eigenvalue weighted by molar-refractivity contribution is 0.109. The predicted molar refractivity (Wildman–Crippen MR) is 184 cm³/mol. The van der Waals surface area contributed by atoms with Gasteiger partial charge >= 0.3 is 0 Å². The molecule has 0 radical (unpaired) electrons. The van der Waals surface area contributed by atoms with Gasteiger partial charge in [-0.05, 0) is 85.0 Å². The first-order chi connectivity index (χ1) is 20.5. The average molecular weight is 594 g/mol. The zero-order chi connectivity index (χ0) is 31.3. The molecular weight excluding hydrogens is 538 g/mol. The standard InChI is InChI=1S/C30H39N3O2S.2C2H6.C2H4/c1-21(33-30-28-11-7-6-10-24(28)19-29(30)35)23(13-12-22-8-4-3-5-9-22)18-26(34)20-32-36-27-16-14-25(31-2)15-17-27;3*1-2/h3-11,14-17,21,23,26,29-35H,12-13,18-20H2,1-2H3;2*1-2H3;1-2H2. The first kappa shape index (κ1) is 37.4. The Kier molecular flexibility index (Phi) is 19.6. The number of benzene rings is 3. The van der Waals surface area contributed by atoms with E-state index in [-0.39, 0.29) is 18.0 Å². The lowest BCUT2D eigenvalue weighted by atomic mass is 9.87. The Morgan fingerprint density at radius 3 is 2.17 bits per heavy atom. The van der Waals surface area contributed by atoms with E-state index < -0.39 is 12.2 Å². The van der Waals surface area contributed by atoms with Crippen LogP contribution in [0, 0.1) is 5.92 Å². The number of nitrogens with one attached hydrogen (secondary N) is 3. The van der Waals surface area contributed by atoms with Gasteiger partial charge in [0.25, 0.3) is 0 Å². The Morgan fingerprint density at radius 2 is 1.52 bits per heavy atom. The van der Waals surface area contributed by atoms with Crippen molar-refractivity contribution in [1.29, 1.82) is 0 Å². The maximum Gasteiger partial charge on any atom is 0.0775 e. The van der Waals surface area contributed by atoms with Crippen LogP contribution in [0.15, 0.2) is 96.9 Å². The summed E-state index contributed by atoms with van der Waals surface area (Å²) in [5.74, 6) is 0.266. The van der Waals surface area contributed by atoms with E-state index in [4.69, 9.17) is 0 Å².